The Morgan fingerprint density at radius 2 is 2.07 bits per heavy atom. The van der Waals surface area contributed by atoms with Crippen molar-refractivity contribution in [3.63, 3.8) is 0 Å². The first-order valence-electron chi connectivity index (χ1n) is 3.98. The van der Waals surface area contributed by atoms with Crippen LogP contribution in [0.1, 0.15) is 11.1 Å². The van der Waals surface area contributed by atoms with Crippen molar-refractivity contribution >= 4 is 0 Å². The summed E-state index contributed by atoms with van der Waals surface area (Å²) in [6, 6.07) is 0.950. The molecular formula is C8H10F3N3. The molecule has 14 heavy (non-hydrogen) atoms. The molecule has 6 heteroatoms. The van der Waals surface area contributed by atoms with Gasteiger partial charge in [-0.05, 0) is 24.6 Å². The summed E-state index contributed by atoms with van der Waals surface area (Å²) in [5, 5.41) is 7.30. The van der Waals surface area contributed by atoms with Crippen molar-refractivity contribution in [1.82, 2.24) is 4.98 Å². The smallest absolute Gasteiger partial charge is 0.346 e. The average molecular weight is 205 g/mol. The molecule has 0 aliphatic rings. The molecule has 0 bridgehead atoms. The highest BCUT2D eigenvalue weighted by atomic mass is 19.4. The van der Waals surface area contributed by atoms with Crippen LogP contribution in [0.2, 0.25) is 0 Å². The van der Waals surface area contributed by atoms with Crippen molar-refractivity contribution in [3.8, 4) is 0 Å². The van der Waals surface area contributed by atoms with Crippen LogP contribution in [-0.2, 0) is 12.6 Å². The normalized spacial score (nSPS) is 11.7. The van der Waals surface area contributed by atoms with Crippen LogP contribution in [0.4, 0.5) is 13.2 Å². The number of pyridine rings is 1. The van der Waals surface area contributed by atoms with E-state index in [1.165, 1.54) is 0 Å². The third-order valence-corrected chi connectivity index (χ3v) is 1.76. The molecule has 1 heterocycles. The van der Waals surface area contributed by atoms with E-state index < -0.39 is 11.7 Å². The van der Waals surface area contributed by atoms with Crippen LogP contribution in [0.15, 0.2) is 12.3 Å². The fourth-order valence-corrected chi connectivity index (χ4v) is 1.06. The molecular weight excluding hydrogens is 195 g/mol. The molecule has 0 saturated carbocycles. The second kappa shape index (κ2) is 3.83. The van der Waals surface area contributed by atoms with Crippen LogP contribution in [-0.4, -0.2) is 11.5 Å². The van der Waals surface area contributed by atoms with E-state index in [2.05, 4.69) is 4.98 Å². The number of nitrogens with one attached hydrogen (secondary N) is 2. The lowest BCUT2D eigenvalue weighted by molar-refractivity contribution is -0.137. The summed E-state index contributed by atoms with van der Waals surface area (Å²) < 4.78 is 36.7. The van der Waals surface area contributed by atoms with Crippen molar-refractivity contribution in [2.75, 3.05) is 6.54 Å². The zero-order chi connectivity index (χ0) is 10.8. The zero-order valence-corrected chi connectivity index (χ0v) is 7.28. The molecule has 0 atom stereocenters. The summed E-state index contributed by atoms with van der Waals surface area (Å²) in [6.07, 6.45) is -3.34. The van der Waals surface area contributed by atoms with E-state index in [4.69, 9.17) is 11.1 Å². The minimum atomic E-state index is -4.38. The summed E-state index contributed by atoms with van der Waals surface area (Å²) in [5.41, 5.74) is 4.68. The molecule has 0 saturated heterocycles. The highest BCUT2D eigenvalue weighted by Crippen LogP contribution is 2.28. The molecule has 0 spiro atoms. The van der Waals surface area contributed by atoms with Gasteiger partial charge in [0, 0.05) is 6.20 Å². The first-order valence-corrected chi connectivity index (χ1v) is 3.98. The topological polar surface area (TPSA) is 65.7 Å². The first-order chi connectivity index (χ1) is 6.45. The van der Waals surface area contributed by atoms with Gasteiger partial charge in [0.15, 0.2) is 0 Å². The van der Waals surface area contributed by atoms with E-state index in [1.54, 1.807) is 0 Å². The maximum atomic E-state index is 12.2. The van der Waals surface area contributed by atoms with Crippen LogP contribution in [0, 0.1) is 5.41 Å². The molecule has 78 valence electrons. The molecule has 0 unspecified atom stereocenters. The molecule has 4 N–H and O–H groups in total. The Kier molecular flexibility index (Phi) is 2.95. The highest BCUT2D eigenvalue weighted by Gasteiger charge is 2.30. The second-order valence-corrected chi connectivity index (χ2v) is 2.83. The number of nitrogens with two attached hydrogens (primary N) is 1. The lowest BCUT2D eigenvalue weighted by Gasteiger charge is -2.08. The van der Waals surface area contributed by atoms with Crippen molar-refractivity contribution in [2.45, 2.75) is 12.6 Å². The van der Waals surface area contributed by atoms with Gasteiger partial charge >= 0.3 is 6.18 Å². The summed E-state index contributed by atoms with van der Waals surface area (Å²) in [5.74, 6) is 0. The predicted molar refractivity (Wildman–Crippen MR) is 44.4 cm³/mol. The molecule has 0 aliphatic carbocycles. The number of aromatic nitrogens is 1. The zero-order valence-electron chi connectivity index (χ0n) is 7.28. The van der Waals surface area contributed by atoms with Crippen molar-refractivity contribution in [1.29, 1.82) is 5.41 Å². The minimum Gasteiger partial charge on any atom is -0.346 e. The van der Waals surface area contributed by atoms with Crippen LogP contribution < -0.4 is 11.2 Å². The Morgan fingerprint density at radius 3 is 2.57 bits per heavy atom. The Labute approximate surface area is 78.3 Å². The van der Waals surface area contributed by atoms with Crippen LogP contribution >= 0.6 is 0 Å². The number of halogens is 3. The fourth-order valence-electron chi connectivity index (χ4n) is 1.06. The fraction of sp³-hybridized carbons (Fsp3) is 0.375. The molecule has 0 amide bonds. The van der Waals surface area contributed by atoms with Gasteiger partial charge in [-0.1, -0.05) is 0 Å². The predicted octanol–water partition coefficient (Wildman–Crippen LogP) is 1.01. The van der Waals surface area contributed by atoms with Crippen molar-refractivity contribution in [3.05, 3.63) is 28.9 Å². The molecule has 1 rings (SSSR count). The van der Waals surface area contributed by atoms with E-state index in [0.717, 1.165) is 12.3 Å². The second-order valence-electron chi connectivity index (χ2n) is 2.83. The molecule has 1 aromatic heterocycles. The summed E-state index contributed by atoms with van der Waals surface area (Å²) >= 11 is 0. The van der Waals surface area contributed by atoms with E-state index in [0.29, 0.717) is 0 Å². The SMILES string of the molecule is N=c1[nH]cc(C(F)(F)F)cc1CCN. The quantitative estimate of drug-likeness (QED) is 0.662. The number of rotatable bonds is 2. The van der Waals surface area contributed by atoms with Gasteiger partial charge in [-0.3, -0.25) is 5.41 Å². The Bertz CT molecular complexity index is 367. The number of hydrogen-bond donors (Lipinski definition) is 3. The number of alkyl halides is 3. The van der Waals surface area contributed by atoms with E-state index in [1.807, 2.05) is 0 Å². The lowest BCUT2D eigenvalue weighted by atomic mass is 10.1. The molecule has 0 radical (unpaired) electrons. The summed E-state index contributed by atoms with van der Waals surface area (Å²) in [6.45, 7) is 0.223. The Morgan fingerprint density at radius 1 is 1.43 bits per heavy atom. The molecule has 3 nitrogen and oxygen atoms in total. The third-order valence-electron chi connectivity index (χ3n) is 1.76. The van der Waals surface area contributed by atoms with Crippen molar-refractivity contribution in [2.24, 2.45) is 5.73 Å². The van der Waals surface area contributed by atoms with Gasteiger partial charge in [-0.15, -0.1) is 0 Å². The van der Waals surface area contributed by atoms with Crippen molar-refractivity contribution < 1.29 is 13.2 Å². The monoisotopic (exact) mass is 205 g/mol. The largest absolute Gasteiger partial charge is 0.417 e. The average Bonchev–Trinajstić information content (AvgIpc) is 2.07. The van der Waals surface area contributed by atoms with Crippen LogP contribution in [0.25, 0.3) is 0 Å². The number of hydrogen-bond acceptors (Lipinski definition) is 2. The van der Waals surface area contributed by atoms with E-state index >= 15 is 0 Å². The van der Waals surface area contributed by atoms with Gasteiger partial charge < -0.3 is 10.7 Å². The van der Waals surface area contributed by atoms with Gasteiger partial charge in [-0.2, -0.15) is 13.2 Å². The van der Waals surface area contributed by atoms with Gasteiger partial charge in [0.1, 0.15) is 5.49 Å². The molecule has 1 aromatic rings. The Balaban J connectivity index is 3.13. The van der Waals surface area contributed by atoms with Gasteiger partial charge in [0.2, 0.25) is 0 Å². The Hall–Kier alpha value is -1.30. The number of aromatic amines is 1. The van der Waals surface area contributed by atoms with Gasteiger partial charge in [-0.25, -0.2) is 0 Å². The summed E-state index contributed by atoms with van der Waals surface area (Å²) in [7, 11) is 0. The maximum absolute atomic E-state index is 12.2. The first kappa shape index (κ1) is 10.8. The maximum Gasteiger partial charge on any atom is 0.417 e. The minimum absolute atomic E-state index is 0.0246. The van der Waals surface area contributed by atoms with Gasteiger partial charge in [0.05, 0.1) is 5.56 Å². The standard InChI is InChI=1S/C8H10F3N3/c9-8(10,11)6-3-5(1-2-12)7(13)14-4-6/h3-4H,1-2,12H2,(H2,13,14). The van der Waals surface area contributed by atoms with Gasteiger partial charge in [0.25, 0.3) is 0 Å². The van der Waals surface area contributed by atoms with E-state index in [-0.39, 0.29) is 24.0 Å². The van der Waals surface area contributed by atoms with Crippen LogP contribution in [0.5, 0.6) is 0 Å². The van der Waals surface area contributed by atoms with E-state index in [9.17, 15) is 13.2 Å². The van der Waals surface area contributed by atoms with Crippen LogP contribution in [0.3, 0.4) is 0 Å². The number of H-pyrrole nitrogens is 1. The molecule has 0 aliphatic heterocycles. The third kappa shape index (κ3) is 2.35. The summed E-state index contributed by atoms with van der Waals surface area (Å²) in [4.78, 5) is 2.25. The molecule has 0 fully saturated rings. The highest BCUT2D eigenvalue weighted by molar-refractivity contribution is 5.20. The lowest BCUT2D eigenvalue weighted by Crippen LogP contribution is -2.19. The molecule has 0 aromatic carbocycles.